The van der Waals surface area contributed by atoms with Crippen molar-refractivity contribution < 1.29 is 31.1 Å². The molecule has 5 rings (SSSR count). The number of carbonyl (C=O) groups excluding carboxylic acids is 1. The van der Waals surface area contributed by atoms with Crippen LogP contribution in [0.15, 0.2) is 42.5 Å². The van der Waals surface area contributed by atoms with Crippen molar-refractivity contribution in [2.45, 2.75) is 43.9 Å². The lowest BCUT2D eigenvalue weighted by atomic mass is 9.72. The van der Waals surface area contributed by atoms with Crippen LogP contribution in [0.25, 0.3) is 5.57 Å². The summed E-state index contributed by atoms with van der Waals surface area (Å²) in [5.41, 5.74) is 1.54. The van der Waals surface area contributed by atoms with Crippen LogP contribution in [0.4, 0.5) is 24.5 Å². The van der Waals surface area contributed by atoms with Gasteiger partial charge in [-0.25, -0.2) is 8.42 Å². The maximum atomic E-state index is 13.2. The topological polar surface area (TPSA) is 75.7 Å². The van der Waals surface area contributed by atoms with E-state index in [1.165, 1.54) is 23.5 Å². The van der Waals surface area contributed by atoms with Crippen molar-refractivity contribution in [1.29, 1.82) is 0 Å². The summed E-state index contributed by atoms with van der Waals surface area (Å²) in [6.45, 7) is 0. The molecular weight excluding hydrogens is 469 g/mol. The SMILES string of the molecule is CN1c2cc(NC(=O)C=C3CC4(CCC4)Oc4cc(C(F)(F)F)ccc43)ccc2CCS1(=O)=O. The minimum Gasteiger partial charge on any atom is -0.486 e. The Morgan fingerprint density at radius 3 is 2.62 bits per heavy atom. The summed E-state index contributed by atoms with van der Waals surface area (Å²) >= 11 is 0. The monoisotopic (exact) mass is 492 g/mol. The molecule has 1 amide bonds. The smallest absolute Gasteiger partial charge is 0.416 e. The minimum atomic E-state index is -4.49. The molecule has 1 fully saturated rings. The lowest BCUT2D eigenvalue weighted by Crippen LogP contribution is -2.45. The van der Waals surface area contributed by atoms with Gasteiger partial charge in [0.1, 0.15) is 11.4 Å². The van der Waals surface area contributed by atoms with Gasteiger partial charge < -0.3 is 10.1 Å². The molecule has 2 aromatic carbocycles. The first-order valence-corrected chi connectivity index (χ1v) is 12.6. The zero-order valence-electron chi connectivity index (χ0n) is 18.4. The Kier molecular flexibility index (Phi) is 5.20. The summed E-state index contributed by atoms with van der Waals surface area (Å²) in [4.78, 5) is 12.9. The Balaban J connectivity index is 1.44. The summed E-state index contributed by atoms with van der Waals surface area (Å²) in [6.07, 6.45) is 0.0917. The predicted octanol–water partition coefficient (Wildman–Crippen LogP) is 4.75. The molecule has 0 radical (unpaired) electrons. The molecule has 34 heavy (non-hydrogen) atoms. The van der Waals surface area contributed by atoms with Crippen LogP contribution in [0, 0.1) is 0 Å². The van der Waals surface area contributed by atoms with Gasteiger partial charge in [0.05, 0.1) is 17.0 Å². The van der Waals surface area contributed by atoms with Gasteiger partial charge in [-0.2, -0.15) is 13.2 Å². The Bertz CT molecular complexity index is 1310. The third kappa shape index (κ3) is 4.04. The fourth-order valence-corrected chi connectivity index (χ4v) is 5.97. The van der Waals surface area contributed by atoms with Gasteiger partial charge in [0.25, 0.3) is 0 Å². The lowest BCUT2D eigenvalue weighted by Gasteiger charge is -2.46. The Labute approximate surface area is 195 Å². The quantitative estimate of drug-likeness (QED) is 0.614. The van der Waals surface area contributed by atoms with Crippen LogP contribution in [0.5, 0.6) is 5.75 Å². The van der Waals surface area contributed by atoms with Crippen molar-refractivity contribution in [3.63, 3.8) is 0 Å². The number of alkyl halides is 3. The second-order valence-electron chi connectivity index (χ2n) is 9.06. The molecule has 2 aromatic rings. The molecule has 10 heteroatoms. The molecule has 0 unspecified atom stereocenters. The second-order valence-corrected chi connectivity index (χ2v) is 11.2. The van der Waals surface area contributed by atoms with Gasteiger partial charge in [-0.1, -0.05) is 12.1 Å². The van der Waals surface area contributed by atoms with Gasteiger partial charge in [0.15, 0.2) is 0 Å². The van der Waals surface area contributed by atoms with Crippen molar-refractivity contribution >= 4 is 32.9 Å². The van der Waals surface area contributed by atoms with E-state index in [4.69, 9.17) is 4.74 Å². The van der Waals surface area contributed by atoms with Crippen LogP contribution in [0.3, 0.4) is 0 Å². The number of hydrogen-bond acceptors (Lipinski definition) is 4. The van der Waals surface area contributed by atoms with Crippen LogP contribution < -0.4 is 14.4 Å². The lowest BCUT2D eigenvalue weighted by molar-refractivity contribution is -0.138. The maximum Gasteiger partial charge on any atom is 0.416 e. The Morgan fingerprint density at radius 1 is 1.18 bits per heavy atom. The number of nitrogens with zero attached hydrogens (tertiary/aromatic N) is 1. The first-order valence-electron chi connectivity index (χ1n) is 11.0. The number of halogens is 3. The molecule has 1 N–H and O–H groups in total. The van der Waals surface area contributed by atoms with E-state index in [0.29, 0.717) is 48.2 Å². The maximum absolute atomic E-state index is 13.2. The summed E-state index contributed by atoms with van der Waals surface area (Å²) < 4.78 is 71.2. The zero-order chi connectivity index (χ0) is 24.3. The summed E-state index contributed by atoms with van der Waals surface area (Å²) in [6, 6.07) is 8.45. The first kappa shape index (κ1) is 22.8. The number of ether oxygens (including phenoxy) is 1. The summed E-state index contributed by atoms with van der Waals surface area (Å²) in [5.74, 6) is -0.271. The van der Waals surface area contributed by atoms with Gasteiger partial charge in [-0.3, -0.25) is 9.10 Å². The second kappa shape index (κ2) is 7.76. The number of hydrogen-bond donors (Lipinski definition) is 1. The highest BCUT2D eigenvalue weighted by molar-refractivity contribution is 7.92. The standard InChI is InChI=1S/C24H23F3N2O4S/c1-29-20-13-18(5-3-15(20)7-10-34(29,31)32)28-22(30)11-16-14-23(8-2-9-23)33-21-12-17(24(25,26)27)4-6-19(16)21/h3-6,11-13H,2,7-10,14H2,1H3,(H,28,30). The van der Waals surface area contributed by atoms with E-state index in [2.05, 4.69) is 5.32 Å². The van der Waals surface area contributed by atoms with Gasteiger partial charge >= 0.3 is 6.18 Å². The van der Waals surface area contributed by atoms with Crippen molar-refractivity contribution in [2.75, 3.05) is 22.4 Å². The molecule has 0 bridgehead atoms. The number of amides is 1. The molecule has 2 aliphatic heterocycles. The molecule has 180 valence electrons. The number of anilines is 2. The number of sulfonamides is 1. The zero-order valence-corrected chi connectivity index (χ0v) is 19.2. The minimum absolute atomic E-state index is 0.0353. The van der Waals surface area contributed by atoms with E-state index < -0.39 is 33.3 Å². The molecule has 0 aromatic heterocycles. The van der Waals surface area contributed by atoms with Gasteiger partial charge in [-0.15, -0.1) is 0 Å². The fourth-order valence-electron chi connectivity index (χ4n) is 4.75. The third-order valence-corrected chi connectivity index (χ3v) is 8.55. The van der Waals surface area contributed by atoms with Gasteiger partial charge in [0, 0.05) is 30.8 Å². The average Bonchev–Trinajstić information content (AvgIpc) is 2.74. The molecule has 2 heterocycles. The van der Waals surface area contributed by atoms with Crippen molar-refractivity contribution in [3.8, 4) is 5.75 Å². The molecular formula is C24H23F3N2O4S. The average molecular weight is 493 g/mol. The van der Waals surface area contributed by atoms with E-state index in [1.54, 1.807) is 18.2 Å². The number of aryl methyl sites for hydroxylation is 1. The van der Waals surface area contributed by atoms with E-state index >= 15 is 0 Å². The number of benzene rings is 2. The summed E-state index contributed by atoms with van der Waals surface area (Å²) in [5, 5.41) is 2.76. The van der Waals surface area contributed by atoms with E-state index in [9.17, 15) is 26.4 Å². The third-order valence-electron chi connectivity index (χ3n) is 6.80. The number of fused-ring (bicyclic) bond motifs is 2. The van der Waals surface area contributed by atoms with Crippen molar-refractivity contribution in [1.82, 2.24) is 0 Å². The Morgan fingerprint density at radius 2 is 1.94 bits per heavy atom. The van der Waals surface area contributed by atoms with Crippen LogP contribution in [0.1, 0.15) is 42.4 Å². The molecule has 0 saturated heterocycles. The molecule has 6 nitrogen and oxygen atoms in total. The predicted molar refractivity (Wildman–Crippen MR) is 122 cm³/mol. The van der Waals surface area contributed by atoms with Crippen LogP contribution >= 0.6 is 0 Å². The summed E-state index contributed by atoms with van der Waals surface area (Å²) in [7, 11) is -1.91. The highest BCUT2D eigenvalue weighted by Crippen LogP contribution is 2.50. The number of nitrogens with one attached hydrogen (secondary N) is 1. The van der Waals surface area contributed by atoms with Crippen LogP contribution in [0.2, 0.25) is 0 Å². The number of rotatable bonds is 2. The van der Waals surface area contributed by atoms with Gasteiger partial charge in [-0.05, 0) is 61.1 Å². The molecule has 1 spiro atoms. The molecule has 1 aliphatic carbocycles. The molecule has 3 aliphatic rings. The Hall–Kier alpha value is -3.01. The molecule has 0 atom stereocenters. The van der Waals surface area contributed by atoms with E-state index in [0.717, 1.165) is 24.1 Å². The first-order chi connectivity index (χ1) is 16.0. The van der Waals surface area contributed by atoms with E-state index in [-0.39, 0.29) is 11.5 Å². The van der Waals surface area contributed by atoms with Crippen molar-refractivity contribution in [3.05, 3.63) is 59.2 Å². The highest BCUT2D eigenvalue weighted by Gasteiger charge is 2.44. The largest absolute Gasteiger partial charge is 0.486 e. The van der Waals surface area contributed by atoms with Crippen LogP contribution in [-0.2, 0) is 27.4 Å². The number of carbonyl (C=O) groups is 1. The highest BCUT2D eigenvalue weighted by atomic mass is 32.2. The van der Waals surface area contributed by atoms with Crippen LogP contribution in [-0.4, -0.2) is 32.7 Å². The molecule has 1 saturated carbocycles. The normalized spacial score (nSPS) is 21.3. The van der Waals surface area contributed by atoms with Gasteiger partial charge in [0.2, 0.25) is 15.9 Å². The van der Waals surface area contributed by atoms with Crippen molar-refractivity contribution in [2.24, 2.45) is 0 Å². The van der Waals surface area contributed by atoms with E-state index in [1.807, 2.05) is 0 Å². The fraction of sp³-hybridized carbons (Fsp3) is 0.375.